The van der Waals surface area contributed by atoms with E-state index < -0.39 is 17.6 Å². The monoisotopic (exact) mass is 276 g/mol. The number of carbonyl (C=O) groups excluding carboxylic acids is 1. The molecule has 4 N–H and O–H groups in total. The Balaban J connectivity index is 2.19. The molecule has 0 aromatic carbocycles. The summed E-state index contributed by atoms with van der Waals surface area (Å²) in [7, 11) is 0. The summed E-state index contributed by atoms with van der Waals surface area (Å²) in [6, 6.07) is -0.435. The minimum absolute atomic E-state index is 0.311. The van der Waals surface area contributed by atoms with Crippen molar-refractivity contribution in [1.29, 1.82) is 0 Å². The molecule has 1 saturated heterocycles. The van der Waals surface area contributed by atoms with Crippen molar-refractivity contribution < 1.29 is 19.8 Å². The van der Waals surface area contributed by atoms with Gasteiger partial charge in [-0.2, -0.15) is 11.8 Å². The maximum Gasteiger partial charge on any atom is 0.337 e. The smallest absolute Gasteiger partial charge is 0.337 e. The van der Waals surface area contributed by atoms with E-state index in [1.54, 1.807) is 0 Å². The van der Waals surface area contributed by atoms with Gasteiger partial charge >= 0.3 is 12.0 Å². The molecule has 0 radical (unpaired) electrons. The number of hydrogen-bond donors (Lipinski definition) is 4. The fraction of sp³-hybridized carbons (Fsp3) is 0.818. The fourth-order valence-corrected chi connectivity index (χ4v) is 2.78. The average molecular weight is 276 g/mol. The van der Waals surface area contributed by atoms with Gasteiger partial charge < -0.3 is 20.8 Å². The Morgan fingerprint density at radius 2 is 1.94 bits per heavy atom. The summed E-state index contributed by atoms with van der Waals surface area (Å²) < 4.78 is 0. The van der Waals surface area contributed by atoms with Gasteiger partial charge in [-0.15, -0.1) is 0 Å². The second kappa shape index (κ2) is 6.84. The molecule has 1 aliphatic heterocycles. The lowest BCUT2D eigenvalue weighted by Crippen LogP contribution is -2.49. The molecule has 0 bridgehead atoms. The van der Waals surface area contributed by atoms with Crippen molar-refractivity contribution in [1.82, 2.24) is 10.6 Å². The molecule has 0 aliphatic carbocycles. The third kappa shape index (κ3) is 5.14. The highest BCUT2D eigenvalue weighted by molar-refractivity contribution is 7.99. The van der Waals surface area contributed by atoms with Gasteiger partial charge in [-0.25, -0.2) is 9.59 Å². The van der Waals surface area contributed by atoms with Gasteiger partial charge in [0.15, 0.2) is 5.60 Å². The molecule has 1 fully saturated rings. The lowest BCUT2D eigenvalue weighted by atomic mass is 10.0. The van der Waals surface area contributed by atoms with Crippen molar-refractivity contribution in [2.75, 3.05) is 24.6 Å². The van der Waals surface area contributed by atoms with Crippen LogP contribution in [0.3, 0.4) is 0 Å². The number of carbonyl (C=O) groups is 2. The lowest BCUT2D eigenvalue weighted by Gasteiger charge is -2.22. The molecule has 0 spiro atoms. The number of aliphatic hydroxyl groups is 1. The van der Waals surface area contributed by atoms with Crippen LogP contribution in [0.15, 0.2) is 0 Å². The topological polar surface area (TPSA) is 98.7 Å². The number of carboxylic acids is 1. The van der Waals surface area contributed by atoms with E-state index in [9.17, 15) is 14.7 Å². The molecular weight excluding hydrogens is 256 g/mol. The predicted octanol–water partition coefficient (Wildman–Crippen LogP) is 0.264. The van der Waals surface area contributed by atoms with Crippen LogP contribution in [-0.4, -0.2) is 52.4 Å². The van der Waals surface area contributed by atoms with Gasteiger partial charge in [-0.3, -0.25) is 0 Å². The SMILES string of the molecule is CC(O)(CNC(=O)NCC1CCSCC1)C(=O)O. The first kappa shape index (κ1) is 15.1. The number of aliphatic carboxylic acids is 1. The Labute approximate surface area is 111 Å². The Kier molecular flexibility index (Phi) is 5.74. The van der Waals surface area contributed by atoms with Crippen LogP contribution >= 0.6 is 11.8 Å². The molecule has 1 aliphatic rings. The van der Waals surface area contributed by atoms with E-state index in [0.717, 1.165) is 31.3 Å². The van der Waals surface area contributed by atoms with Crippen LogP contribution in [0.25, 0.3) is 0 Å². The van der Waals surface area contributed by atoms with Crippen molar-refractivity contribution in [3.63, 3.8) is 0 Å². The van der Waals surface area contributed by atoms with Gasteiger partial charge in [-0.05, 0) is 37.2 Å². The average Bonchev–Trinajstić information content (AvgIpc) is 2.35. The zero-order valence-electron chi connectivity index (χ0n) is 10.4. The quantitative estimate of drug-likeness (QED) is 0.577. The summed E-state index contributed by atoms with van der Waals surface area (Å²) in [6.07, 6.45) is 2.19. The molecule has 0 aromatic rings. The second-order valence-corrected chi connectivity index (χ2v) is 5.92. The number of carboxylic acid groups (broad SMARTS) is 1. The Bertz CT molecular complexity index is 303. The third-order valence-corrected chi connectivity index (χ3v) is 3.99. The largest absolute Gasteiger partial charge is 0.479 e. The summed E-state index contributed by atoms with van der Waals surface area (Å²) in [5.74, 6) is 1.40. The first-order valence-corrected chi connectivity index (χ1v) is 7.12. The molecule has 0 aromatic heterocycles. The Morgan fingerprint density at radius 1 is 1.33 bits per heavy atom. The number of urea groups is 1. The lowest BCUT2D eigenvalue weighted by molar-refractivity contribution is -0.155. The Hall–Kier alpha value is -0.950. The summed E-state index contributed by atoms with van der Waals surface area (Å²) in [4.78, 5) is 22.0. The van der Waals surface area contributed by atoms with Crippen molar-refractivity contribution in [2.24, 2.45) is 5.92 Å². The molecule has 0 saturated carbocycles. The molecule has 1 rings (SSSR count). The van der Waals surface area contributed by atoms with E-state index in [1.165, 1.54) is 0 Å². The molecule has 6 nitrogen and oxygen atoms in total. The summed E-state index contributed by atoms with van der Waals surface area (Å²) >= 11 is 1.92. The van der Waals surface area contributed by atoms with Crippen LogP contribution in [0.1, 0.15) is 19.8 Å². The maximum atomic E-state index is 11.4. The van der Waals surface area contributed by atoms with Crippen molar-refractivity contribution >= 4 is 23.8 Å². The molecular formula is C11H20N2O4S. The molecule has 1 heterocycles. The molecule has 18 heavy (non-hydrogen) atoms. The third-order valence-electron chi connectivity index (χ3n) is 2.95. The van der Waals surface area contributed by atoms with Crippen LogP contribution in [0.2, 0.25) is 0 Å². The fourth-order valence-electron chi connectivity index (χ4n) is 1.58. The van der Waals surface area contributed by atoms with E-state index in [1.807, 2.05) is 11.8 Å². The highest BCUT2D eigenvalue weighted by atomic mass is 32.2. The van der Waals surface area contributed by atoms with Gasteiger partial charge in [0.2, 0.25) is 0 Å². The molecule has 7 heteroatoms. The van der Waals surface area contributed by atoms with Crippen LogP contribution in [0, 0.1) is 5.92 Å². The predicted molar refractivity (Wildman–Crippen MR) is 69.7 cm³/mol. The van der Waals surface area contributed by atoms with Crippen molar-refractivity contribution in [2.45, 2.75) is 25.4 Å². The molecule has 1 unspecified atom stereocenters. The first-order chi connectivity index (χ1) is 8.42. The number of hydrogen-bond acceptors (Lipinski definition) is 4. The number of nitrogens with one attached hydrogen (secondary N) is 2. The molecule has 2 amide bonds. The van der Waals surface area contributed by atoms with E-state index in [2.05, 4.69) is 10.6 Å². The van der Waals surface area contributed by atoms with E-state index >= 15 is 0 Å². The van der Waals surface area contributed by atoms with Gasteiger partial charge in [0.1, 0.15) is 0 Å². The van der Waals surface area contributed by atoms with Gasteiger partial charge in [0.05, 0.1) is 6.54 Å². The number of amides is 2. The van der Waals surface area contributed by atoms with E-state index in [0.29, 0.717) is 12.5 Å². The Morgan fingerprint density at radius 3 is 2.50 bits per heavy atom. The van der Waals surface area contributed by atoms with E-state index in [-0.39, 0.29) is 6.54 Å². The summed E-state index contributed by atoms with van der Waals surface area (Å²) in [5, 5.41) is 23.1. The molecule has 1 atom stereocenters. The zero-order valence-corrected chi connectivity index (χ0v) is 11.3. The zero-order chi connectivity index (χ0) is 13.6. The van der Waals surface area contributed by atoms with Gasteiger partial charge in [0.25, 0.3) is 0 Å². The van der Waals surface area contributed by atoms with Crippen LogP contribution < -0.4 is 10.6 Å². The van der Waals surface area contributed by atoms with Gasteiger partial charge in [-0.1, -0.05) is 0 Å². The summed E-state index contributed by atoms with van der Waals surface area (Å²) in [5.41, 5.74) is -1.93. The van der Waals surface area contributed by atoms with E-state index in [4.69, 9.17) is 5.11 Å². The van der Waals surface area contributed by atoms with Crippen molar-refractivity contribution in [3.8, 4) is 0 Å². The second-order valence-electron chi connectivity index (χ2n) is 4.70. The minimum Gasteiger partial charge on any atom is -0.479 e. The summed E-state index contributed by atoms with van der Waals surface area (Å²) in [6.45, 7) is 1.43. The highest BCUT2D eigenvalue weighted by Crippen LogP contribution is 2.21. The minimum atomic E-state index is -1.93. The van der Waals surface area contributed by atoms with Crippen LogP contribution in [0.4, 0.5) is 4.79 Å². The van der Waals surface area contributed by atoms with Gasteiger partial charge in [0, 0.05) is 6.54 Å². The number of rotatable bonds is 5. The van der Waals surface area contributed by atoms with Crippen molar-refractivity contribution in [3.05, 3.63) is 0 Å². The molecule has 104 valence electrons. The van der Waals surface area contributed by atoms with Crippen LogP contribution in [-0.2, 0) is 4.79 Å². The van der Waals surface area contributed by atoms with Crippen LogP contribution in [0.5, 0.6) is 0 Å². The maximum absolute atomic E-state index is 11.4. The standard InChI is InChI=1S/C11H20N2O4S/c1-11(17,9(14)15)7-13-10(16)12-6-8-2-4-18-5-3-8/h8,17H,2-7H2,1H3,(H,14,15)(H2,12,13,16). The highest BCUT2D eigenvalue weighted by Gasteiger charge is 2.30. The number of thioether (sulfide) groups is 1. The first-order valence-electron chi connectivity index (χ1n) is 5.97. The normalized spacial score (nSPS) is 19.9.